The number of ether oxygens (including phenoxy) is 3. The second kappa shape index (κ2) is 8.16. The van der Waals surface area contributed by atoms with Crippen molar-refractivity contribution in [1.82, 2.24) is 4.90 Å². The Morgan fingerprint density at radius 1 is 0.933 bits per heavy atom. The van der Waals surface area contributed by atoms with Gasteiger partial charge in [0.15, 0.2) is 11.5 Å². The summed E-state index contributed by atoms with van der Waals surface area (Å²) in [6.45, 7) is 1.78. The predicted octanol–water partition coefficient (Wildman–Crippen LogP) is 2.46. The van der Waals surface area contributed by atoms with Crippen LogP contribution in [0, 0.1) is 5.82 Å². The first-order chi connectivity index (χ1) is 14.6. The number of halogens is 1. The Bertz CT molecular complexity index is 1030. The van der Waals surface area contributed by atoms with Crippen molar-refractivity contribution in [3.63, 3.8) is 0 Å². The third-order valence-electron chi connectivity index (χ3n) is 5.15. The lowest BCUT2D eigenvalue weighted by atomic mass is 10.0. The van der Waals surface area contributed by atoms with Crippen molar-refractivity contribution in [2.24, 2.45) is 0 Å². The summed E-state index contributed by atoms with van der Waals surface area (Å²) in [6, 6.07) is 10.7. The first-order valence-corrected chi connectivity index (χ1v) is 9.49. The summed E-state index contributed by atoms with van der Waals surface area (Å²) < 4.78 is 30.5. The highest BCUT2D eigenvalue weighted by Gasteiger charge is 2.43. The first kappa shape index (κ1) is 19.9. The molecule has 0 bridgehead atoms. The maximum Gasteiger partial charge on any atom is 0.282 e. The number of benzene rings is 2. The fourth-order valence-corrected chi connectivity index (χ4v) is 3.70. The lowest BCUT2D eigenvalue weighted by Crippen LogP contribution is -2.40. The Morgan fingerprint density at radius 2 is 1.63 bits per heavy atom. The van der Waals surface area contributed by atoms with Crippen LogP contribution in [0.4, 0.5) is 10.1 Å². The van der Waals surface area contributed by atoms with Crippen LogP contribution in [0.1, 0.15) is 5.56 Å². The highest BCUT2D eigenvalue weighted by atomic mass is 19.1. The van der Waals surface area contributed by atoms with E-state index < -0.39 is 17.6 Å². The van der Waals surface area contributed by atoms with Crippen LogP contribution in [-0.4, -0.2) is 57.2 Å². The van der Waals surface area contributed by atoms with E-state index >= 15 is 0 Å². The molecule has 0 atom stereocenters. The Labute approximate surface area is 173 Å². The van der Waals surface area contributed by atoms with Gasteiger partial charge in [-0.2, -0.15) is 0 Å². The molecule has 4 rings (SSSR count). The number of anilines is 1. The maximum absolute atomic E-state index is 14.5. The van der Waals surface area contributed by atoms with Crippen LogP contribution in [0.2, 0.25) is 0 Å². The zero-order valence-electron chi connectivity index (χ0n) is 16.7. The molecule has 2 aliphatic heterocycles. The highest BCUT2D eigenvalue weighted by molar-refractivity contribution is 6.45. The number of para-hydroxylation sites is 1. The summed E-state index contributed by atoms with van der Waals surface area (Å²) in [6.07, 6.45) is 0. The van der Waals surface area contributed by atoms with Crippen LogP contribution in [0.5, 0.6) is 11.5 Å². The van der Waals surface area contributed by atoms with Crippen molar-refractivity contribution < 1.29 is 28.2 Å². The molecule has 0 aliphatic carbocycles. The highest BCUT2D eigenvalue weighted by Crippen LogP contribution is 2.38. The third-order valence-corrected chi connectivity index (χ3v) is 5.15. The zero-order valence-corrected chi connectivity index (χ0v) is 16.7. The summed E-state index contributed by atoms with van der Waals surface area (Å²) in [5.74, 6) is -0.865. The Hall–Kier alpha value is -3.39. The topological polar surface area (TPSA) is 68.3 Å². The Balaban J connectivity index is 1.86. The molecule has 7 nitrogen and oxygen atoms in total. The molecule has 2 amide bonds. The third kappa shape index (κ3) is 3.29. The molecule has 0 unspecified atom stereocenters. The van der Waals surface area contributed by atoms with Gasteiger partial charge in [0.25, 0.3) is 11.8 Å². The molecule has 2 aliphatic rings. The first-order valence-electron chi connectivity index (χ1n) is 9.49. The quantitative estimate of drug-likeness (QED) is 0.703. The molecule has 156 valence electrons. The van der Waals surface area contributed by atoms with Gasteiger partial charge in [-0.15, -0.1) is 0 Å². The number of hydrogen-bond donors (Lipinski definition) is 0. The molecule has 0 radical (unpaired) electrons. The van der Waals surface area contributed by atoms with Crippen molar-refractivity contribution >= 4 is 23.1 Å². The monoisotopic (exact) mass is 412 g/mol. The van der Waals surface area contributed by atoms with Crippen molar-refractivity contribution in [3.8, 4) is 11.5 Å². The number of carbonyl (C=O) groups is 2. The summed E-state index contributed by atoms with van der Waals surface area (Å²) in [5.41, 5.74) is 0.852. The van der Waals surface area contributed by atoms with Gasteiger partial charge in [-0.25, -0.2) is 9.29 Å². The molecular formula is C22H21FN2O5. The average molecular weight is 412 g/mol. The minimum Gasteiger partial charge on any atom is -0.493 e. The fourth-order valence-electron chi connectivity index (χ4n) is 3.70. The molecule has 0 N–H and O–H groups in total. The SMILES string of the molecule is COc1ccc(C2=C(N3CCOCC3)C(=O)N(c3ccccc3F)C2=O)cc1OC. The van der Waals surface area contributed by atoms with E-state index in [4.69, 9.17) is 14.2 Å². The number of hydrogen-bond acceptors (Lipinski definition) is 6. The van der Waals surface area contributed by atoms with E-state index in [0.717, 1.165) is 4.90 Å². The molecule has 1 fully saturated rings. The van der Waals surface area contributed by atoms with E-state index in [2.05, 4.69) is 0 Å². The molecule has 8 heteroatoms. The number of rotatable bonds is 5. The smallest absolute Gasteiger partial charge is 0.282 e. The zero-order chi connectivity index (χ0) is 21.3. The van der Waals surface area contributed by atoms with Crippen LogP contribution >= 0.6 is 0 Å². The van der Waals surface area contributed by atoms with Gasteiger partial charge in [-0.05, 0) is 29.8 Å². The molecule has 1 saturated heterocycles. The van der Waals surface area contributed by atoms with Gasteiger partial charge in [0, 0.05) is 13.1 Å². The second-order valence-corrected chi connectivity index (χ2v) is 6.79. The van der Waals surface area contributed by atoms with Gasteiger partial charge in [-0.1, -0.05) is 18.2 Å². The molecule has 0 saturated carbocycles. The lowest BCUT2D eigenvalue weighted by Gasteiger charge is -2.29. The van der Waals surface area contributed by atoms with Crippen LogP contribution in [0.15, 0.2) is 48.2 Å². The number of nitrogens with zero attached hydrogens (tertiary/aromatic N) is 2. The predicted molar refractivity (Wildman–Crippen MR) is 108 cm³/mol. The Kier molecular flexibility index (Phi) is 5.41. The van der Waals surface area contributed by atoms with E-state index in [0.29, 0.717) is 43.4 Å². The summed E-state index contributed by atoms with van der Waals surface area (Å²) in [5, 5.41) is 0. The number of methoxy groups -OCH3 is 2. The van der Waals surface area contributed by atoms with Crippen LogP contribution in [-0.2, 0) is 14.3 Å². The van der Waals surface area contributed by atoms with Gasteiger partial charge in [-0.3, -0.25) is 9.59 Å². The number of morpholine rings is 1. The molecular weight excluding hydrogens is 391 g/mol. The number of imide groups is 1. The van der Waals surface area contributed by atoms with Gasteiger partial charge in [0.1, 0.15) is 11.5 Å². The molecule has 2 aromatic rings. The normalized spacial score (nSPS) is 17.0. The standard InChI is InChI=1S/C22H21FN2O5/c1-28-17-8-7-14(13-18(17)29-2)19-20(24-9-11-30-12-10-24)22(27)25(21(19)26)16-6-4-3-5-15(16)23/h3-8,13H,9-12H2,1-2H3. The molecule has 30 heavy (non-hydrogen) atoms. The van der Waals surface area contributed by atoms with Crippen molar-refractivity contribution in [3.05, 3.63) is 59.5 Å². The Morgan fingerprint density at radius 3 is 2.30 bits per heavy atom. The van der Waals surface area contributed by atoms with Crippen LogP contribution < -0.4 is 14.4 Å². The van der Waals surface area contributed by atoms with E-state index in [-0.39, 0.29) is 17.0 Å². The van der Waals surface area contributed by atoms with E-state index in [1.54, 1.807) is 24.3 Å². The molecule has 0 spiro atoms. The largest absolute Gasteiger partial charge is 0.493 e. The average Bonchev–Trinajstić information content (AvgIpc) is 3.04. The van der Waals surface area contributed by atoms with Crippen molar-refractivity contribution in [2.75, 3.05) is 45.4 Å². The van der Waals surface area contributed by atoms with Crippen molar-refractivity contribution in [1.29, 1.82) is 0 Å². The lowest BCUT2D eigenvalue weighted by molar-refractivity contribution is -0.121. The minimum atomic E-state index is -0.644. The van der Waals surface area contributed by atoms with Crippen molar-refractivity contribution in [2.45, 2.75) is 0 Å². The summed E-state index contributed by atoms with van der Waals surface area (Å²) >= 11 is 0. The van der Waals surface area contributed by atoms with Gasteiger partial charge >= 0.3 is 0 Å². The maximum atomic E-state index is 14.5. The second-order valence-electron chi connectivity index (χ2n) is 6.79. The van der Waals surface area contributed by atoms with E-state index in [1.807, 2.05) is 4.90 Å². The number of amides is 2. The van der Waals surface area contributed by atoms with Gasteiger partial charge in [0.2, 0.25) is 0 Å². The van der Waals surface area contributed by atoms with E-state index in [1.165, 1.54) is 32.4 Å². The number of carbonyl (C=O) groups excluding carboxylic acids is 2. The molecule has 2 heterocycles. The van der Waals surface area contributed by atoms with Crippen LogP contribution in [0.25, 0.3) is 5.57 Å². The fraction of sp³-hybridized carbons (Fsp3) is 0.273. The summed E-state index contributed by atoms with van der Waals surface area (Å²) in [4.78, 5) is 29.5. The van der Waals surface area contributed by atoms with Crippen LogP contribution in [0.3, 0.4) is 0 Å². The minimum absolute atomic E-state index is 0.0752. The van der Waals surface area contributed by atoms with E-state index in [9.17, 15) is 14.0 Å². The van der Waals surface area contributed by atoms with Gasteiger partial charge < -0.3 is 19.1 Å². The molecule has 2 aromatic carbocycles. The van der Waals surface area contributed by atoms with Gasteiger partial charge in [0.05, 0.1) is 38.7 Å². The molecule has 0 aromatic heterocycles. The summed E-state index contributed by atoms with van der Waals surface area (Å²) in [7, 11) is 3.01.